The van der Waals surface area contributed by atoms with Gasteiger partial charge in [-0.15, -0.1) is 0 Å². The van der Waals surface area contributed by atoms with E-state index in [0.29, 0.717) is 38.0 Å². The molecule has 6 heteroatoms. The Morgan fingerprint density at radius 3 is 2.69 bits per heavy atom. The molecule has 1 fully saturated rings. The number of likely N-dealkylation sites (tertiary alicyclic amines) is 1. The normalized spacial score (nSPS) is 19.9. The van der Waals surface area contributed by atoms with Crippen LogP contribution in [0.5, 0.6) is 0 Å². The number of aliphatic hydroxyl groups is 1. The number of fused-ring (bicyclic) bond motifs is 1. The van der Waals surface area contributed by atoms with E-state index >= 15 is 0 Å². The highest BCUT2D eigenvalue weighted by Crippen LogP contribution is 2.30. The van der Waals surface area contributed by atoms with Gasteiger partial charge in [-0.05, 0) is 67.0 Å². The van der Waals surface area contributed by atoms with E-state index in [0.717, 1.165) is 36.2 Å². The van der Waals surface area contributed by atoms with Crippen molar-refractivity contribution >= 4 is 29.3 Å². The molecular weight excluding hydrogens is 366 g/mol. The van der Waals surface area contributed by atoms with Crippen molar-refractivity contribution in [2.45, 2.75) is 45.1 Å². The maximum atomic E-state index is 12.7. The Hall–Kier alpha value is -2.73. The fourth-order valence-corrected chi connectivity index (χ4v) is 4.21. The van der Waals surface area contributed by atoms with Crippen LogP contribution in [0, 0.1) is 0 Å². The zero-order valence-corrected chi connectivity index (χ0v) is 16.8. The molecule has 1 aromatic carbocycles. The molecule has 0 unspecified atom stereocenters. The average Bonchev–Trinajstić information content (AvgIpc) is 2.99. The number of allylic oxidation sites excluding steroid dienone is 3. The first-order valence-electron chi connectivity index (χ1n) is 10.4. The van der Waals surface area contributed by atoms with Crippen LogP contribution in [0.25, 0.3) is 5.57 Å². The van der Waals surface area contributed by atoms with Gasteiger partial charge < -0.3 is 14.9 Å². The Bertz CT molecular complexity index is 908. The Morgan fingerprint density at radius 1 is 1.14 bits per heavy atom. The Kier molecular flexibility index (Phi) is 5.62. The number of hydrogen-bond donors (Lipinski definition) is 1. The summed E-state index contributed by atoms with van der Waals surface area (Å²) in [7, 11) is 0. The van der Waals surface area contributed by atoms with Crippen molar-refractivity contribution in [3.8, 4) is 0 Å². The molecule has 0 radical (unpaired) electrons. The largest absolute Gasteiger partial charge is 0.393 e. The van der Waals surface area contributed by atoms with Crippen LogP contribution in [0.1, 0.15) is 43.7 Å². The number of benzene rings is 1. The molecule has 3 aliphatic rings. The molecule has 3 heterocycles. The van der Waals surface area contributed by atoms with Crippen molar-refractivity contribution < 1.29 is 14.7 Å². The lowest BCUT2D eigenvalue weighted by Crippen LogP contribution is -2.40. The maximum Gasteiger partial charge on any atom is 0.272 e. The molecule has 1 N–H and O–H groups in total. The number of aryl methyl sites for hydroxylation is 1. The highest BCUT2D eigenvalue weighted by molar-refractivity contribution is 6.12. The predicted octanol–water partition coefficient (Wildman–Crippen LogP) is 2.71. The van der Waals surface area contributed by atoms with Crippen LogP contribution in [0.2, 0.25) is 0 Å². The van der Waals surface area contributed by atoms with E-state index in [9.17, 15) is 14.7 Å². The number of aliphatic hydroxyl groups excluding tert-OH is 1. The average molecular weight is 393 g/mol. The van der Waals surface area contributed by atoms with E-state index in [4.69, 9.17) is 0 Å². The number of carbonyl (C=O) groups excluding carboxylic acids is 2. The lowest BCUT2D eigenvalue weighted by molar-refractivity contribution is -0.129. The first-order valence-corrected chi connectivity index (χ1v) is 10.4. The third-order valence-electron chi connectivity index (χ3n) is 5.87. The summed E-state index contributed by atoms with van der Waals surface area (Å²) in [6, 6.07) is 6.18. The van der Waals surface area contributed by atoms with E-state index in [2.05, 4.69) is 17.1 Å². The second-order valence-electron chi connectivity index (χ2n) is 7.88. The van der Waals surface area contributed by atoms with E-state index < -0.39 is 0 Å². The van der Waals surface area contributed by atoms with Crippen LogP contribution >= 0.6 is 0 Å². The minimum Gasteiger partial charge on any atom is -0.393 e. The van der Waals surface area contributed by atoms with Gasteiger partial charge in [-0.2, -0.15) is 0 Å². The van der Waals surface area contributed by atoms with Gasteiger partial charge >= 0.3 is 0 Å². The highest BCUT2D eigenvalue weighted by Gasteiger charge is 2.24. The fraction of sp³-hybridized carbons (Fsp3) is 0.435. The quantitative estimate of drug-likeness (QED) is 0.840. The van der Waals surface area contributed by atoms with Crippen LogP contribution in [-0.4, -0.2) is 53.8 Å². The van der Waals surface area contributed by atoms with E-state index in [1.165, 1.54) is 5.56 Å². The molecule has 2 amide bonds. The SMILES string of the molecule is CC(=O)N1CCCc2cc(C3=CCC=C(C(=O)N4CCC(O)CC4)N=C3)ccc21. The van der Waals surface area contributed by atoms with Crippen LogP contribution in [0.4, 0.5) is 5.69 Å². The molecule has 6 nitrogen and oxygen atoms in total. The second-order valence-corrected chi connectivity index (χ2v) is 7.88. The zero-order valence-electron chi connectivity index (χ0n) is 16.8. The molecule has 4 rings (SSSR count). The minimum atomic E-state index is -0.304. The van der Waals surface area contributed by atoms with Crippen LogP contribution in [0.3, 0.4) is 0 Å². The van der Waals surface area contributed by atoms with Gasteiger partial charge in [-0.1, -0.05) is 12.1 Å². The summed E-state index contributed by atoms with van der Waals surface area (Å²) in [5.74, 6) is 0.0110. The standard InChI is InChI=1S/C23H27N3O3/c1-16(27)26-11-3-5-18-14-17(7-8-22(18)26)19-4-2-6-21(24-15-19)23(29)25-12-9-20(28)10-13-25/h4,6-8,14-15,20,28H,2-3,5,9-13H2,1H3. The molecule has 0 atom stereocenters. The summed E-state index contributed by atoms with van der Waals surface area (Å²) in [5.41, 5.74) is 4.69. The van der Waals surface area contributed by atoms with Gasteiger partial charge in [0.25, 0.3) is 5.91 Å². The zero-order chi connectivity index (χ0) is 20.4. The number of carbonyl (C=O) groups is 2. The van der Waals surface area contributed by atoms with Gasteiger partial charge in [0.15, 0.2) is 0 Å². The second kappa shape index (κ2) is 8.33. The predicted molar refractivity (Wildman–Crippen MR) is 114 cm³/mol. The van der Waals surface area contributed by atoms with Crippen molar-refractivity contribution in [1.29, 1.82) is 0 Å². The Labute approximate surface area is 171 Å². The lowest BCUT2D eigenvalue weighted by atomic mass is 9.96. The van der Waals surface area contributed by atoms with Crippen LogP contribution in [0.15, 0.2) is 41.0 Å². The number of nitrogens with zero attached hydrogens (tertiary/aromatic N) is 3. The molecule has 0 aromatic heterocycles. The number of amides is 2. The van der Waals surface area contributed by atoms with Crippen LogP contribution in [-0.2, 0) is 16.0 Å². The third kappa shape index (κ3) is 4.17. The van der Waals surface area contributed by atoms with Gasteiger partial charge in [0.2, 0.25) is 5.91 Å². The molecule has 0 aliphatic carbocycles. The number of hydrogen-bond acceptors (Lipinski definition) is 4. The monoisotopic (exact) mass is 393 g/mol. The number of aliphatic imine (C=N–C) groups is 1. The van der Waals surface area contributed by atoms with E-state index in [-0.39, 0.29) is 17.9 Å². The van der Waals surface area contributed by atoms with Gasteiger partial charge in [-0.3, -0.25) is 14.6 Å². The summed E-state index contributed by atoms with van der Waals surface area (Å²) in [6.07, 6.45) is 9.23. The molecule has 1 saturated heterocycles. The third-order valence-corrected chi connectivity index (χ3v) is 5.87. The van der Waals surface area contributed by atoms with Gasteiger partial charge in [-0.25, -0.2) is 0 Å². The first-order chi connectivity index (χ1) is 14.0. The maximum absolute atomic E-state index is 12.7. The number of rotatable bonds is 2. The summed E-state index contributed by atoms with van der Waals surface area (Å²) in [4.78, 5) is 32.7. The summed E-state index contributed by atoms with van der Waals surface area (Å²) >= 11 is 0. The molecule has 0 saturated carbocycles. The fourth-order valence-electron chi connectivity index (χ4n) is 4.21. The van der Waals surface area contributed by atoms with Crippen molar-refractivity contribution in [2.24, 2.45) is 4.99 Å². The summed E-state index contributed by atoms with van der Waals surface area (Å²) in [5, 5.41) is 9.64. The highest BCUT2D eigenvalue weighted by atomic mass is 16.3. The molecule has 29 heavy (non-hydrogen) atoms. The van der Waals surface area contributed by atoms with Crippen molar-refractivity contribution in [3.63, 3.8) is 0 Å². The Morgan fingerprint density at radius 2 is 1.93 bits per heavy atom. The molecule has 0 bridgehead atoms. The molecule has 1 aromatic rings. The van der Waals surface area contributed by atoms with Gasteiger partial charge in [0.1, 0.15) is 5.70 Å². The van der Waals surface area contributed by atoms with E-state index in [1.54, 1.807) is 18.0 Å². The summed E-state index contributed by atoms with van der Waals surface area (Å²) in [6.45, 7) is 3.53. The molecule has 3 aliphatic heterocycles. The number of piperidine rings is 1. The minimum absolute atomic E-state index is 0.0645. The van der Waals surface area contributed by atoms with Gasteiger partial charge in [0.05, 0.1) is 6.10 Å². The van der Waals surface area contributed by atoms with Crippen molar-refractivity contribution in [1.82, 2.24) is 4.90 Å². The van der Waals surface area contributed by atoms with Crippen molar-refractivity contribution in [2.75, 3.05) is 24.5 Å². The molecular formula is C23H27N3O3. The smallest absolute Gasteiger partial charge is 0.272 e. The lowest BCUT2D eigenvalue weighted by Gasteiger charge is -2.29. The topological polar surface area (TPSA) is 73.2 Å². The van der Waals surface area contributed by atoms with E-state index in [1.807, 2.05) is 23.1 Å². The first kappa shape index (κ1) is 19.6. The van der Waals surface area contributed by atoms with Crippen molar-refractivity contribution in [3.05, 3.63) is 47.2 Å². The Balaban J connectivity index is 1.50. The van der Waals surface area contributed by atoms with Crippen LogP contribution < -0.4 is 4.90 Å². The number of anilines is 1. The molecule has 152 valence electrons. The molecule has 0 spiro atoms. The summed E-state index contributed by atoms with van der Waals surface area (Å²) < 4.78 is 0. The van der Waals surface area contributed by atoms with Gasteiger partial charge in [0, 0.05) is 38.5 Å².